The first-order valence-electron chi connectivity index (χ1n) is 5.11. The summed E-state index contributed by atoms with van der Waals surface area (Å²) in [5.41, 5.74) is 0. The summed E-state index contributed by atoms with van der Waals surface area (Å²) in [6.07, 6.45) is 3.26. The Hall–Kier alpha value is -0.920. The summed E-state index contributed by atoms with van der Waals surface area (Å²) in [6, 6.07) is 0. The van der Waals surface area contributed by atoms with E-state index in [-0.39, 0.29) is 12.5 Å². The van der Waals surface area contributed by atoms with E-state index < -0.39 is 10.2 Å². The number of hydrogen-bond donors (Lipinski definition) is 2. The van der Waals surface area contributed by atoms with Gasteiger partial charge in [0.2, 0.25) is 0 Å². The van der Waals surface area contributed by atoms with Gasteiger partial charge in [-0.2, -0.15) is 12.7 Å². The highest BCUT2D eigenvalue weighted by molar-refractivity contribution is 7.87. The number of nitrogens with one attached hydrogen (secondary N) is 2. The molecular formula is C9H18N4O2S. The van der Waals surface area contributed by atoms with Gasteiger partial charge >= 0.3 is 0 Å². The van der Waals surface area contributed by atoms with Crippen LogP contribution in [-0.4, -0.2) is 36.3 Å². The van der Waals surface area contributed by atoms with Gasteiger partial charge in [-0.25, -0.2) is 9.71 Å². The molecule has 0 aliphatic rings. The molecule has 92 valence electrons. The molecule has 2 N–H and O–H groups in total. The van der Waals surface area contributed by atoms with Gasteiger partial charge in [0.1, 0.15) is 5.82 Å². The van der Waals surface area contributed by atoms with Crippen LogP contribution in [0.2, 0.25) is 0 Å². The first kappa shape index (κ1) is 13.1. The Bertz CT molecular complexity index is 399. The summed E-state index contributed by atoms with van der Waals surface area (Å²) < 4.78 is 27.2. The zero-order valence-electron chi connectivity index (χ0n) is 9.77. The lowest BCUT2D eigenvalue weighted by Crippen LogP contribution is -2.39. The second-order valence-electron chi connectivity index (χ2n) is 4.04. The number of nitrogens with zero attached hydrogens (tertiary/aromatic N) is 2. The number of rotatable bonds is 6. The second-order valence-corrected chi connectivity index (χ2v) is 5.90. The molecule has 0 aromatic carbocycles. The van der Waals surface area contributed by atoms with E-state index in [0.29, 0.717) is 12.4 Å². The summed E-state index contributed by atoms with van der Waals surface area (Å²) in [6.45, 7) is 4.58. The molecule has 16 heavy (non-hydrogen) atoms. The minimum absolute atomic E-state index is 0.237. The predicted molar refractivity (Wildman–Crippen MR) is 61.8 cm³/mol. The number of hydrogen-bond acceptors (Lipinski definition) is 3. The minimum atomic E-state index is -3.41. The Kier molecular flexibility index (Phi) is 4.45. The van der Waals surface area contributed by atoms with Crippen LogP contribution in [-0.2, 0) is 16.8 Å². The third-order valence-corrected chi connectivity index (χ3v) is 3.49. The summed E-state index contributed by atoms with van der Waals surface area (Å²) >= 11 is 0. The molecule has 1 aromatic rings. The lowest BCUT2D eigenvalue weighted by atomic mass is 10.2. The van der Waals surface area contributed by atoms with Gasteiger partial charge in [-0.15, -0.1) is 0 Å². The van der Waals surface area contributed by atoms with Crippen LogP contribution in [0.4, 0.5) is 0 Å². The first-order valence-corrected chi connectivity index (χ1v) is 6.55. The summed E-state index contributed by atoms with van der Waals surface area (Å²) in [5, 5.41) is 0. The molecule has 0 spiro atoms. The monoisotopic (exact) mass is 246 g/mol. The van der Waals surface area contributed by atoms with E-state index in [0.717, 1.165) is 0 Å². The molecule has 0 aliphatic carbocycles. The van der Waals surface area contributed by atoms with Crippen LogP contribution in [0, 0.1) is 5.92 Å². The average molecular weight is 246 g/mol. The van der Waals surface area contributed by atoms with Gasteiger partial charge < -0.3 is 4.98 Å². The molecule has 1 rings (SSSR count). The molecule has 1 aromatic heterocycles. The average Bonchev–Trinajstić information content (AvgIpc) is 2.67. The Labute approximate surface area is 96.3 Å². The minimum Gasteiger partial charge on any atom is -0.347 e. The maximum Gasteiger partial charge on any atom is 0.279 e. The fourth-order valence-electron chi connectivity index (χ4n) is 1.06. The maximum absolute atomic E-state index is 11.7. The van der Waals surface area contributed by atoms with E-state index >= 15 is 0 Å². The summed E-state index contributed by atoms with van der Waals surface area (Å²) in [4.78, 5) is 6.84. The molecule has 0 bridgehead atoms. The number of imidazole rings is 1. The number of aromatic nitrogens is 2. The van der Waals surface area contributed by atoms with Crippen molar-refractivity contribution in [3.05, 3.63) is 18.2 Å². The third kappa shape index (κ3) is 3.92. The smallest absolute Gasteiger partial charge is 0.279 e. The predicted octanol–water partition coefficient (Wildman–Crippen LogP) is 0.332. The van der Waals surface area contributed by atoms with Crippen molar-refractivity contribution in [2.24, 2.45) is 5.92 Å². The molecule has 0 aliphatic heterocycles. The molecule has 0 atom stereocenters. The standard InChI is InChI=1S/C9H18N4O2S/c1-8(2)6-12-16(14,15)13(3)7-9-10-4-5-11-9/h4-5,8,12H,6-7H2,1-3H3,(H,10,11). The normalized spacial score (nSPS) is 12.6. The topological polar surface area (TPSA) is 78.1 Å². The van der Waals surface area contributed by atoms with Gasteiger partial charge in [0.15, 0.2) is 0 Å². The lowest BCUT2D eigenvalue weighted by Gasteiger charge is -2.17. The van der Waals surface area contributed by atoms with E-state index in [4.69, 9.17) is 0 Å². The highest BCUT2D eigenvalue weighted by Crippen LogP contribution is 2.01. The Morgan fingerprint density at radius 2 is 2.25 bits per heavy atom. The molecule has 1 heterocycles. The van der Waals surface area contributed by atoms with Crippen LogP contribution in [0.15, 0.2) is 12.4 Å². The molecule has 0 amide bonds. The Morgan fingerprint density at radius 1 is 1.56 bits per heavy atom. The zero-order chi connectivity index (χ0) is 12.2. The highest BCUT2D eigenvalue weighted by atomic mass is 32.2. The molecule has 0 saturated carbocycles. The summed E-state index contributed by atoms with van der Waals surface area (Å²) in [5.74, 6) is 0.907. The second kappa shape index (κ2) is 5.42. The van der Waals surface area contributed by atoms with Crippen molar-refractivity contribution in [2.75, 3.05) is 13.6 Å². The van der Waals surface area contributed by atoms with E-state index in [1.807, 2.05) is 13.8 Å². The van der Waals surface area contributed by atoms with Crippen LogP contribution in [0.3, 0.4) is 0 Å². The fraction of sp³-hybridized carbons (Fsp3) is 0.667. The van der Waals surface area contributed by atoms with Crippen molar-refractivity contribution in [3.8, 4) is 0 Å². The van der Waals surface area contributed by atoms with Gasteiger partial charge in [-0.1, -0.05) is 13.8 Å². The lowest BCUT2D eigenvalue weighted by molar-refractivity contribution is 0.442. The maximum atomic E-state index is 11.7. The molecule has 6 nitrogen and oxygen atoms in total. The van der Waals surface area contributed by atoms with Crippen LogP contribution in [0.1, 0.15) is 19.7 Å². The van der Waals surface area contributed by atoms with E-state index in [2.05, 4.69) is 14.7 Å². The van der Waals surface area contributed by atoms with Crippen molar-refractivity contribution >= 4 is 10.2 Å². The van der Waals surface area contributed by atoms with Gasteiger partial charge in [0, 0.05) is 26.0 Å². The molecule has 7 heteroatoms. The SMILES string of the molecule is CC(C)CNS(=O)(=O)N(C)Cc1ncc[nH]1. The first-order chi connectivity index (χ1) is 7.42. The molecule has 0 fully saturated rings. The van der Waals surface area contributed by atoms with Gasteiger partial charge in [0.05, 0.1) is 6.54 Å². The molecule has 0 unspecified atom stereocenters. The van der Waals surface area contributed by atoms with Crippen molar-refractivity contribution in [1.29, 1.82) is 0 Å². The van der Waals surface area contributed by atoms with Gasteiger partial charge in [-0.3, -0.25) is 0 Å². The van der Waals surface area contributed by atoms with Crippen molar-refractivity contribution in [1.82, 2.24) is 19.0 Å². The van der Waals surface area contributed by atoms with Gasteiger partial charge in [-0.05, 0) is 5.92 Å². The van der Waals surface area contributed by atoms with Crippen LogP contribution < -0.4 is 4.72 Å². The molecular weight excluding hydrogens is 228 g/mol. The number of aromatic amines is 1. The largest absolute Gasteiger partial charge is 0.347 e. The van der Waals surface area contributed by atoms with Crippen molar-refractivity contribution < 1.29 is 8.42 Å². The van der Waals surface area contributed by atoms with Crippen molar-refractivity contribution in [2.45, 2.75) is 20.4 Å². The Morgan fingerprint density at radius 3 is 2.75 bits per heavy atom. The van der Waals surface area contributed by atoms with Crippen LogP contribution >= 0.6 is 0 Å². The Balaban J connectivity index is 2.55. The highest BCUT2D eigenvalue weighted by Gasteiger charge is 2.18. The summed E-state index contributed by atoms with van der Waals surface area (Å²) in [7, 11) is -1.89. The molecule has 0 radical (unpaired) electrons. The van der Waals surface area contributed by atoms with Crippen LogP contribution in [0.5, 0.6) is 0 Å². The number of H-pyrrole nitrogens is 1. The zero-order valence-corrected chi connectivity index (χ0v) is 10.6. The van der Waals surface area contributed by atoms with Crippen molar-refractivity contribution in [3.63, 3.8) is 0 Å². The quantitative estimate of drug-likeness (QED) is 0.759. The third-order valence-electron chi connectivity index (χ3n) is 2.01. The van der Waals surface area contributed by atoms with E-state index in [9.17, 15) is 8.42 Å². The van der Waals surface area contributed by atoms with E-state index in [1.54, 1.807) is 12.4 Å². The van der Waals surface area contributed by atoms with E-state index in [1.165, 1.54) is 11.4 Å². The fourth-order valence-corrected chi connectivity index (χ4v) is 2.12. The van der Waals surface area contributed by atoms with Gasteiger partial charge in [0.25, 0.3) is 10.2 Å². The van der Waals surface area contributed by atoms with Crippen LogP contribution in [0.25, 0.3) is 0 Å². The molecule has 0 saturated heterocycles.